The minimum atomic E-state index is -4.15. The van der Waals surface area contributed by atoms with Gasteiger partial charge in [-0.2, -0.15) is 8.42 Å². The van der Waals surface area contributed by atoms with Crippen LogP contribution in [0.4, 0.5) is 0 Å². The van der Waals surface area contributed by atoms with Gasteiger partial charge >= 0.3 is 10.3 Å². The fourth-order valence-electron chi connectivity index (χ4n) is 0.916. The van der Waals surface area contributed by atoms with Gasteiger partial charge in [-0.25, -0.2) is 5.14 Å². The van der Waals surface area contributed by atoms with Crippen molar-refractivity contribution in [2.24, 2.45) is 5.14 Å². The molecular weight excluding hydrogens is 226 g/mol. The normalized spacial score (nSPS) is 11.5. The Morgan fingerprint density at radius 3 is 2.07 bits per heavy atom. The third-order valence-electron chi connectivity index (χ3n) is 1.56. The van der Waals surface area contributed by atoms with E-state index < -0.39 is 28.4 Å². The maximum absolute atomic E-state index is 10.4. The predicted octanol–water partition coefficient (Wildman–Crippen LogP) is -0.476. The Labute approximate surface area is 85.6 Å². The highest BCUT2D eigenvalue weighted by Crippen LogP contribution is 2.32. The number of benzene rings is 1. The first-order chi connectivity index (χ1) is 6.79. The summed E-state index contributed by atoms with van der Waals surface area (Å²) in [7, 11) is -4.15. The van der Waals surface area contributed by atoms with Crippen LogP contribution in [0.2, 0.25) is 0 Å². The Morgan fingerprint density at radius 2 is 1.67 bits per heavy atom. The maximum Gasteiger partial charge on any atom is 0.333 e. The number of hydrogen-bond acceptors (Lipinski definition) is 6. The van der Waals surface area contributed by atoms with Crippen molar-refractivity contribution in [1.82, 2.24) is 0 Å². The lowest BCUT2D eigenvalue weighted by atomic mass is 10.2. The summed E-state index contributed by atoms with van der Waals surface area (Å²) >= 11 is 0. The molecule has 8 heteroatoms. The van der Waals surface area contributed by atoms with Crippen LogP contribution in [0, 0.1) is 0 Å². The van der Waals surface area contributed by atoms with Gasteiger partial charge in [0.1, 0.15) is 17.2 Å². The van der Waals surface area contributed by atoms with E-state index in [1.54, 1.807) is 0 Å². The van der Waals surface area contributed by atoms with Crippen LogP contribution in [0.15, 0.2) is 12.1 Å². The fourth-order valence-corrected chi connectivity index (χ4v) is 1.20. The SMILES string of the molecule is NS(=O)(=O)OCc1c(O)cc(O)cc1O. The molecule has 0 aliphatic carbocycles. The van der Waals surface area contributed by atoms with Crippen LogP contribution in [0.5, 0.6) is 17.2 Å². The molecule has 0 atom stereocenters. The molecule has 0 amide bonds. The Hall–Kier alpha value is -1.51. The number of nitrogens with two attached hydrogens (primary N) is 1. The second-order valence-corrected chi connectivity index (χ2v) is 3.94. The van der Waals surface area contributed by atoms with E-state index in [1.165, 1.54) is 0 Å². The molecule has 0 aliphatic rings. The second-order valence-electron chi connectivity index (χ2n) is 2.72. The van der Waals surface area contributed by atoms with Crippen LogP contribution in [-0.2, 0) is 21.1 Å². The summed E-state index contributed by atoms with van der Waals surface area (Å²) < 4.78 is 25.0. The van der Waals surface area contributed by atoms with E-state index in [2.05, 4.69) is 9.32 Å². The first-order valence-electron chi connectivity index (χ1n) is 3.70. The molecule has 0 unspecified atom stereocenters. The quantitative estimate of drug-likeness (QED) is 0.560. The van der Waals surface area contributed by atoms with E-state index in [0.717, 1.165) is 12.1 Å². The number of phenols is 3. The van der Waals surface area contributed by atoms with Crippen LogP contribution in [-0.4, -0.2) is 23.7 Å². The second kappa shape index (κ2) is 3.93. The summed E-state index contributed by atoms with van der Waals surface area (Å²) in [5.74, 6) is -1.34. The molecule has 1 aromatic rings. The highest BCUT2D eigenvalue weighted by molar-refractivity contribution is 7.84. The van der Waals surface area contributed by atoms with E-state index in [1.807, 2.05) is 0 Å². The Balaban J connectivity index is 2.96. The zero-order chi connectivity index (χ0) is 11.6. The molecule has 0 saturated heterocycles. The van der Waals surface area contributed by atoms with Gasteiger partial charge in [0.25, 0.3) is 0 Å². The van der Waals surface area contributed by atoms with E-state index >= 15 is 0 Å². The zero-order valence-electron chi connectivity index (χ0n) is 7.41. The van der Waals surface area contributed by atoms with Crippen molar-refractivity contribution < 1.29 is 27.9 Å². The van der Waals surface area contributed by atoms with Crippen LogP contribution in [0.25, 0.3) is 0 Å². The Morgan fingerprint density at radius 1 is 1.20 bits per heavy atom. The largest absolute Gasteiger partial charge is 0.508 e. The van der Waals surface area contributed by atoms with Gasteiger partial charge in [-0.05, 0) is 0 Å². The minimum absolute atomic E-state index is 0.179. The molecule has 15 heavy (non-hydrogen) atoms. The van der Waals surface area contributed by atoms with E-state index in [-0.39, 0.29) is 11.3 Å². The smallest absolute Gasteiger partial charge is 0.333 e. The average Bonchev–Trinajstić information content (AvgIpc) is 1.99. The molecule has 0 heterocycles. The van der Waals surface area contributed by atoms with E-state index in [0.29, 0.717) is 0 Å². The number of aromatic hydroxyl groups is 3. The number of phenolic OH excluding ortho intramolecular Hbond substituents is 3. The first kappa shape index (κ1) is 11.6. The summed E-state index contributed by atoms with van der Waals surface area (Å²) in [5, 5.41) is 32.0. The molecule has 0 fully saturated rings. The Bertz CT molecular complexity index is 445. The lowest BCUT2D eigenvalue weighted by molar-refractivity contribution is 0.294. The van der Waals surface area contributed by atoms with Gasteiger partial charge in [0.2, 0.25) is 0 Å². The van der Waals surface area contributed by atoms with Crippen molar-refractivity contribution in [3.8, 4) is 17.2 Å². The van der Waals surface area contributed by atoms with E-state index in [9.17, 15) is 18.6 Å². The van der Waals surface area contributed by atoms with Gasteiger partial charge in [0, 0.05) is 12.1 Å². The van der Waals surface area contributed by atoms with Crippen LogP contribution < -0.4 is 5.14 Å². The zero-order valence-corrected chi connectivity index (χ0v) is 8.23. The van der Waals surface area contributed by atoms with Crippen molar-refractivity contribution in [3.63, 3.8) is 0 Å². The maximum atomic E-state index is 10.4. The Kier molecular flexibility index (Phi) is 3.03. The van der Waals surface area contributed by atoms with Crippen LogP contribution in [0.3, 0.4) is 0 Å². The third kappa shape index (κ3) is 3.27. The third-order valence-corrected chi connectivity index (χ3v) is 2.00. The van der Waals surface area contributed by atoms with Crippen molar-refractivity contribution in [3.05, 3.63) is 17.7 Å². The highest BCUT2D eigenvalue weighted by Gasteiger charge is 2.12. The molecule has 5 N–H and O–H groups in total. The molecule has 7 nitrogen and oxygen atoms in total. The van der Waals surface area contributed by atoms with Gasteiger partial charge in [-0.3, -0.25) is 4.18 Å². The summed E-state index contributed by atoms with van der Waals surface area (Å²) in [6, 6.07) is 1.86. The van der Waals surface area contributed by atoms with Gasteiger partial charge < -0.3 is 15.3 Å². The fraction of sp³-hybridized carbons (Fsp3) is 0.143. The lowest BCUT2D eigenvalue weighted by Crippen LogP contribution is -2.15. The molecular formula is C7H9NO6S. The summed E-state index contributed by atoms with van der Waals surface area (Å²) in [4.78, 5) is 0. The monoisotopic (exact) mass is 235 g/mol. The van der Waals surface area contributed by atoms with Crippen LogP contribution in [0.1, 0.15) is 5.56 Å². The summed E-state index contributed by atoms with van der Waals surface area (Å²) in [6.07, 6.45) is 0. The van der Waals surface area contributed by atoms with E-state index in [4.69, 9.17) is 5.11 Å². The molecule has 0 saturated carbocycles. The topological polar surface area (TPSA) is 130 Å². The van der Waals surface area contributed by atoms with Crippen molar-refractivity contribution in [1.29, 1.82) is 0 Å². The molecule has 0 spiro atoms. The lowest BCUT2D eigenvalue weighted by Gasteiger charge is -2.07. The van der Waals surface area contributed by atoms with Gasteiger partial charge in [0.05, 0.1) is 12.2 Å². The van der Waals surface area contributed by atoms with Gasteiger partial charge in [0.15, 0.2) is 0 Å². The molecule has 0 bridgehead atoms. The highest BCUT2D eigenvalue weighted by atomic mass is 32.2. The predicted molar refractivity (Wildman–Crippen MR) is 49.3 cm³/mol. The summed E-state index contributed by atoms with van der Waals surface area (Å²) in [6.45, 7) is -0.614. The standard InChI is InChI=1S/C7H9NO6S/c8-15(12,13)14-3-5-6(10)1-4(9)2-7(5)11/h1-2,9-11H,3H2,(H2,8,12,13). The average molecular weight is 235 g/mol. The molecule has 0 radical (unpaired) electrons. The van der Waals surface area contributed by atoms with Crippen molar-refractivity contribution in [2.75, 3.05) is 0 Å². The van der Waals surface area contributed by atoms with Crippen molar-refractivity contribution >= 4 is 10.3 Å². The molecule has 0 aliphatic heterocycles. The molecule has 1 rings (SSSR count). The number of rotatable bonds is 3. The van der Waals surface area contributed by atoms with Gasteiger partial charge in [-0.15, -0.1) is 0 Å². The van der Waals surface area contributed by atoms with Crippen molar-refractivity contribution in [2.45, 2.75) is 6.61 Å². The first-order valence-corrected chi connectivity index (χ1v) is 5.17. The summed E-state index contributed by atoms with van der Waals surface area (Å²) in [5.41, 5.74) is -0.179. The molecule has 1 aromatic carbocycles. The molecule has 84 valence electrons. The molecule has 0 aromatic heterocycles. The minimum Gasteiger partial charge on any atom is -0.508 e. The van der Waals surface area contributed by atoms with Crippen LogP contribution >= 0.6 is 0 Å². The number of hydrogen-bond donors (Lipinski definition) is 4. The van der Waals surface area contributed by atoms with Gasteiger partial charge in [-0.1, -0.05) is 0 Å².